The molecule has 0 saturated heterocycles. The van der Waals surface area contributed by atoms with E-state index < -0.39 is 0 Å². The molecule has 28 heavy (non-hydrogen) atoms. The van der Waals surface area contributed by atoms with Crippen LogP contribution in [-0.4, -0.2) is 12.6 Å². The SMILES string of the molecule is CCCCCCCCCCCCC(C)COC(=O)C(C)CCCCCCCC. The van der Waals surface area contributed by atoms with Gasteiger partial charge in [0.25, 0.3) is 0 Å². The van der Waals surface area contributed by atoms with Crippen molar-refractivity contribution >= 4 is 5.97 Å². The Morgan fingerprint density at radius 1 is 0.607 bits per heavy atom. The summed E-state index contributed by atoms with van der Waals surface area (Å²) in [6.45, 7) is 9.38. The maximum atomic E-state index is 12.1. The molecule has 0 aliphatic heterocycles. The highest BCUT2D eigenvalue weighted by molar-refractivity contribution is 5.71. The Bertz CT molecular complexity index is 326. The van der Waals surface area contributed by atoms with Crippen molar-refractivity contribution in [3.05, 3.63) is 0 Å². The molecule has 0 bridgehead atoms. The van der Waals surface area contributed by atoms with Gasteiger partial charge < -0.3 is 4.74 Å². The second-order valence-corrected chi connectivity index (χ2v) is 9.16. The lowest BCUT2D eigenvalue weighted by molar-refractivity contribution is -0.149. The first-order valence-corrected chi connectivity index (χ1v) is 12.8. The number of unbranched alkanes of at least 4 members (excludes halogenated alkanes) is 14. The molecular weight excluding hydrogens is 344 g/mol. The van der Waals surface area contributed by atoms with Gasteiger partial charge in [0.15, 0.2) is 0 Å². The summed E-state index contributed by atoms with van der Waals surface area (Å²) >= 11 is 0. The van der Waals surface area contributed by atoms with Crippen molar-refractivity contribution in [3.8, 4) is 0 Å². The molecule has 0 aromatic heterocycles. The number of esters is 1. The molecule has 0 aliphatic carbocycles. The van der Waals surface area contributed by atoms with Crippen LogP contribution in [-0.2, 0) is 9.53 Å². The maximum Gasteiger partial charge on any atom is 0.308 e. The Kier molecular flexibility index (Phi) is 20.8. The van der Waals surface area contributed by atoms with Crippen molar-refractivity contribution in [1.82, 2.24) is 0 Å². The summed E-state index contributed by atoms with van der Waals surface area (Å²) in [5.74, 6) is 0.582. The summed E-state index contributed by atoms with van der Waals surface area (Å²) in [4.78, 5) is 12.1. The fraction of sp³-hybridized carbons (Fsp3) is 0.962. The number of hydrogen-bond donors (Lipinski definition) is 0. The lowest BCUT2D eigenvalue weighted by atomic mass is 10.0. The quantitative estimate of drug-likeness (QED) is 0.143. The van der Waals surface area contributed by atoms with Crippen LogP contribution in [0.2, 0.25) is 0 Å². The Morgan fingerprint density at radius 3 is 1.46 bits per heavy atom. The highest BCUT2D eigenvalue weighted by Crippen LogP contribution is 2.16. The molecule has 0 aliphatic rings. The van der Waals surface area contributed by atoms with Crippen LogP contribution in [0.1, 0.15) is 143 Å². The van der Waals surface area contributed by atoms with Crippen LogP contribution in [0.5, 0.6) is 0 Å². The van der Waals surface area contributed by atoms with Gasteiger partial charge in [-0.25, -0.2) is 0 Å². The summed E-state index contributed by atoms with van der Waals surface area (Å²) in [7, 11) is 0. The molecule has 2 nitrogen and oxygen atoms in total. The number of ether oxygens (including phenoxy) is 1. The Morgan fingerprint density at radius 2 is 1.00 bits per heavy atom. The van der Waals surface area contributed by atoms with Crippen molar-refractivity contribution in [1.29, 1.82) is 0 Å². The number of carbonyl (C=O) groups excluding carboxylic acids is 1. The number of hydrogen-bond acceptors (Lipinski definition) is 2. The molecule has 2 unspecified atom stereocenters. The van der Waals surface area contributed by atoms with Gasteiger partial charge in [-0.3, -0.25) is 4.79 Å². The zero-order valence-electron chi connectivity index (χ0n) is 19.9. The van der Waals surface area contributed by atoms with E-state index in [0.29, 0.717) is 12.5 Å². The summed E-state index contributed by atoms with van der Waals surface area (Å²) in [5.41, 5.74) is 0. The van der Waals surface area contributed by atoms with Crippen LogP contribution in [0.3, 0.4) is 0 Å². The largest absolute Gasteiger partial charge is 0.465 e. The zero-order chi connectivity index (χ0) is 20.9. The van der Waals surface area contributed by atoms with E-state index >= 15 is 0 Å². The van der Waals surface area contributed by atoms with E-state index in [1.807, 2.05) is 6.92 Å². The van der Waals surface area contributed by atoms with Gasteiger partial charge in [0.1, 0.15) is 0 Å². The predicted molar refractivity (Wildman–Crippen MR) is 124 cm³/mol. The van der Waals surface area contributed by atoms with Gasteiger partial charge >= 0.3 is 5.97 Å². The fourth-order valence-electron chi connectivity index (χ4n) is 3.78. The second kappa shape index (κ2) is 21.2. The van der Waals surface area contributed by atoms with E-state index in [1.165, 1.54) is 103 Å². The Labute approximate surface area is 177 Å². The average molecular weight is 397 g/mol. The van der Waals surface area contributed by atoms with E-state index in [1.54, 1.807) is 0 Å². The molecule has 0 heterocycles. The summed E-state index contributed by atoms with van der Waals surface area (Å²) in [6.07, 6.45) is 23.7. The van der Waals surface area contributed by atoms with Gasteiger partial charge in [0.05, 0.1) is 12.5 Å². The molecule has 168 valence electrons. The molecule has 0 fully saturated rings. The summed E-state index contributed by atoms with van der Waals surface area (Å²) in [6, 6.07) is 0. The number of rotatable bonds is 21. The topological polar surface area (TPSA) is 26.3 Å². The third-order valence-corrected chi connectivity index (χ3v) is 5.95. The lowest BCUT2D eigenvalue weighted by Crippen LogP contribution is -2.18. The molecule has 0 spiro atoms. The highest BCUT2D eigenvalue weighted by atomic mass is 16.5. The van der Waals surface area contributed by atoms with Crippen molar-refractivity contribution in [2.45, 2.75) is 143 Å². The van der Waals surface area contributed by atoms with Crippen molar-refractivity contribution < 1.29 is 9.53 Å². The van der Waals surface area contributed by atoms with Crippen LogP contribution in [0.4, 0.5) is 0 Å². The first kappa shape index (κ1) is 27.5. The zero-order valence-corrected chi connectivity index (χ0v) is 19.9. The normalized spacial score (nSPS) is 13.4. The standard InChI is InChI=1S/C26H52O2/c1-5-7-9-11-13-14-15-16-17-19-21-24(3)23-28-26(27)25(4)22-20-18-12-10-8-6-2/h24-25H,5-23H2,1-4H3. The van der Waals surface area contributed by atoms with E-state index in [-0.39, 0.29) is 11.9 Å². The third-order valence-electron chi connectivity index (χ3n) is 5.95. The van der Waals surface area contributed by atoms with Gasteiger partial charge in [-0.1, -0.05) is 130 Å². The van der Waals surface area contributed by atoms with E-state index in [2.05, 4.69) is 20.8 Å². The van der Waals surface area contributed by atoms with Crippen LogP contribution < -0.4 is 0 Å². The number of carbonyl (C=O) groups is 1. The van der Waals surface area contributed by atoms with E-state index in [0.717, 1.165) is 12.8 Å². The van der Waals surface area contributed by atoms with Gasteiger partial charge in [0.2, 0.25) is 0 Å². The van der Waals surface area contributed by atoms with E-state index in [9.17, 15) is 4.79 Å². The summed E-state index contributed by atoms with van der Waals surface area (Å²) < 4.78 is 5.56. The summed E-state index contributed by atoms with van der Waals surface area (Å²) in [5, 5.41) is 0. The minimum atomic E-state index is 0.0171. The average Bonchev–Trinajstić information content (AvgIpc) is 2.69. The monoisotopic (exact) mass is 396 g/mol. The first-order valence-electron chi connectivity index (χ1n) is 12.8. The Hall–Kier alpha value is -0.530. The van der Waals surface area contributed by atoms with Crippen LogP contribution in [0.15, 0.2) is 0 Å². The fourth-order valence-corrected chi connectivity index (χ4v) is 3.78. The lowest BCUT2D eigenvalue weighted by Gasteiger charge is -2.15. The molecular formula is C26H52O2. The molecule has 0 rings (SSSR count). The highest BCUT2D eigenvalue weighted by Gasteiger charge is 2.15. The van der Waals surface area contributed by atoms with E-state index in [4.69, 9.17) is 4.74 Å². The molecule has 0 aromatic rings. The van der Waals surface area contributed by atoms with Crippen molar-refractivity contribution in [3.63, 3.8) is 0 Å². The maximum absolute atomic E-state index is 12.1. The molecule has 0 aromatic carbocycles. The van der Waals surface area contributed by atoms with Gasteiger partial charge in [0, 0.05) is 0 Å². The Balaban J connectivity index is 3.46. The van der Waals surface area contributed by atoms with Gasteiger partial charge in [-0.05, 0) is 18.8 Å². The predicted octanol–water partition coefficient (Wildman–Crippen LogP) is 8.86. The smallest absolute Gasteiger partial charge is 0.308 e. The van der Waals surface area contributed by atoms with Crippen molar-refractivity contribution in [2.75, 3.05) is 6.61 Å². The molecule has 0 radical (unpaired) electrons. The molecule has 2 heteroatoms. The minimum absolute atomic E-state index is 0.0171. The molecule has 0 amide bonds. The third kappa shape index (κ3) is 18.8. The van der Waals surface area contributed by atoms with Gasteiger partial charge in [-0.15, -0.1) is 0 Å². The first-order chi connectivity index (χ1) is 13.6. The minimum Gasteiger partial charge on any atom is -0.465 e. The molecule has 0 N–H and O–H groups in total. The van der Waals surface area contributed by atoms with Gasteiger partial charge in [-0.2, -0.15) is 0 Å². The van der Waals surface area contributed by atoms with Crippen molar-refractivity contribution in [2.24, 2.45) is 11.8 Å². The molecule has 2 atom stereocenters. The van der Waals surface area contributed by atoms with Crippen LogP contribution in [0.25, 0.3) is 0 Å². The molecule has 0 saturated carbocycles. The second-order valence-electron chi connectivity index (χ2n) is 9.16. The van der Waals surface area contributed by atoms with Crippen LogP contribution in [0, 0.1) is 11.8 Å². The van der Waals surface area contributed by atoms with Crippen LogP contribution >= 0.6 is 0 Å².